The maximum atomic E-state index is 12.1. The number of amides is 2. The molecule has 1 aliphatic heterocycles. The first-order valence-electron chi connectivity index (χ1n) is 8.02. The van der Waals surface area contributed by atoms with Crippen molar-refractivity contribution in [1.29, 1.82) is 0 Å². The van der Waals surface area contributed by atoms with Gasteiger partial charge in [-0.3, -0.25) is 9.78 Å². The highest BCUT2D eigenvalue weighted by atomic mass is 16.6. The Morgan fingerprint density at radius 1 is 1.25 bits per heavy atom. The smallest absolute Gasteiger partial charge is 0.410 e. The van der Waals surface area contributed by atoms with E-state index in [-0.39, 0.29) is 12.0 Å². The normalized spacial score (nSPS) is 14.9. The molecule has 6 nitrogen and oxygen atoms in total. The molecule has 0 saturated carbocycles. The van der Waals surface area contributed by atoms with Crippen LogP contribution in [0.3, 0.4) is 0 Å². The molecule has 0 bridgehead atoms. The third-order valence-electron chi connectivity index (χ3n) is 3.62. The zero-order chi connectivity index (χ0) is 17.9. The fourth-order valence-electron chi connectivity index (χ4n) is 2.36. The molecule has 0 aromatic carbocycles. The highest BCUT2D eigenvalue weighted by molar-refractivity contribution is 5.92. The van der Waals surface area contributed by atoms with Crippen molar-refractivity contribution in [2.75, 3.05) is 27.2 Å². The second-order valence-corrected chi connectivity index (χ2v) is 7.04. The lowest BCUT2D eigenvalue weighted by molar-refractivity contribution is 0.0270. The summed E-state index contributed by atoms with van der Waals surface area (Å²) < 4.78 is 5.39. The van der Waals surface area contributed by atoms with Crippen molar-refractivity contribution in [3.63, 3.8) is 0 Å². The average Bonchev–Trinajstić information content (AvgIpc) is 2.53. The van der Waals surface area contributed by atoms with Gasteiger partial charge >= 0.3 is 6.09 Å². The van der Waals surface area contributed by atoms with Gasteiger partial charge in [0.1, 0.15) is 11.3 Å². The summed E-state index contributed by atoms with van der Waals surface area (Å²) in [6.45, 7) is 6.71. The number of nitrogens with zero attached hydrogens (tertiary/aromatic N) is 3. The fourth-order valence-corrected chi connectivity index (χ4v) is 2.36. The van der Waals surface area contributed by atoms with E-state index in [1.165, 1.54) is 4.90 Å². The van der Waals surface area contributed by atoms with Gasteiger partial charge in [0.25, 0.3) is 5.91 Å². The summed E-state index contributed by atoms with van der Waals surface area (Å²) in [6, 6.07) is 3.64. The van der Waals surface area contributed by atoms with E-state index in [0.29, 0.717) is 18.8 Å². The molecule has 2 amide bonds. The second-order valence-electron chi connectivity index (χ2n) is 7.04. The number of rotatable bonds is 2. The SMILES string of the molecule is CN(C)C(=O)c1ccc(C2=CCN(C(=O)OC(C)(C)C)CC2)cn1. The van der Waals surface area contributed by atoms with E-state index in [1.54, 1.807) is 31.3 Å². The van der Waals surface area contributed by atoms with Crippen LogP contribution in [0.1, 0.15) is 43.2 Å². The lowest BCUT2D eigenvalue weighted by Crippen LogP contribution is -2.39. The summed E-state index contributed by atoms with van der Waals surface area (Å²) in [5.74, 6) is -0.115. The fraction of sp³-hybridized carbons (Fsp3) is 0.500. The predicted molar refractivity (Wildman–Crippen MR) is 92.7 cm³/mol. The van der Waals surface area contributed by atoms with Gasteiger partial charge in [-0.25, -0.2) is 4.79 Å². The van der Waals surface area contributed by atoms with E-state index in [2.05, 4.69) is 4.98 Å². The van der Waals surface area contributed by atoms with E-state index < -0.39 is 5.60 Å². The zero-order valence-electron chi connectivity index (χ0n) is 15.0. The van der Waals surface area contributed by atoms with Crippen LogP contribution in [0.2, 0.25) is 0 Å². The van der Waals surface area contributed by atoms with Gasteiger partial charge < -0.3 is 14.5 Å². The van der Waals surface area contributed by atoms with Crippen molar-refractivity contribution in [2.45, 2.75) is 32.8 Å². The van der Waals surface area contributed by atoms with Crippen molar-refractivity contribution < 1.29 is 14.3 Å². The Balaban J connectivity index is 2.02. The molecule has 2 rings (SSSR count). The minimum Gasteiger partial charge on any atom is -0.444 e. The highest BCUT2D eigenvalue weighted by Gasteiger charge is 2.24. The Kier molecular flexibility index (Phi) is 5.26. The first-order valence-corrected chi connectivity index (χ1v) is 8.02. The summed E-state index contributed by atoms with van der Waals surface area (Å²) in [4.78, 5) is 31.3. The van der Waals surface area contributed by atoms with Crippen LogP contribution in [0, 0.1) is 0 Å². The second kappa shape index (κ2) is 7.03. The molecule has 0 atom stereocenters. The maximum Gasteiger partial charge on any atom is 0.410 e. The molecule has 0 saturated heterocycles. The lowest BCUT2D eigenvalue weighted by Gasteiger charge is -2.29. The van der Waals surface area contributed by atoms with Gasteiger partial charge in [-0.2, -0.15) is 0 Å². The Morgan fingerprint density at radius 2 is 1.96 bits per heavy atom. The standard InChI is InChI=1S/C18H25N3O3/c1-18(2,3)24-17(23)21-10-8-13(9-11-21)14-6-7-15(19-12-14)16(22)20(4)5/h6-8,12H,9-11H2,1-5H3. The quantitative estimate of drug-likeness (QED) is 0.836. The number of pyridine rings is 1. The number of carbonyl (C=O) groups is 2. The van der Waals surface area contributed by atoms with Gasteiger partial charge in [0, 0.05) is 33.4 Å². The molecule has 6 heteroatoms. The molecule has 0 spiro atoms. The van der Waals surface area contributed by atoms with Gasteiger partial charge in [-0.1, -0.05) is 12.1 Å². The summed E-state index contributed by atoms with van der Waals surface area (Å²) in [6.07, 6.45) is 4.17. The largest absolute Gasteiger partial charge is 0.444 e. The third-order valence-corrected chi connectivity index (χ3v) is 3.62. The summed E-state index contributed by atoms with van der Waals surface area (Å²) in [7, 11) is 3.40. The molecule has 0 N–H and O–H groups in total. The third kappa shape index (κ3) is 4.57. The van der Waals surface area contributed by atoms with Crippen LogP contribution in [-0.2, 0) is 4.74 Å². The Morgan fingerprint density at radius 3 is 2.42 bits per heavy atom. The van der Waals surface area contributed by atoms with E-state index in [0.717, 1.165) is 17.6 Å². The molecule has 0 radical (unpaired) electrons. The summed E-state index contributed by atoms with van der Waals surface area (Å²) in [5, 5.41) is 0. The summed E-state index contributed by atoms with van der Waals surface area (Å²) >= 11 is 0. The lowest BCUT2D eigenvalue weighted by atomic mass is 10.0. The molecule has 130 valence electrons. The molecule has 0 unspecified atom stereocenters. The molecule has 0 fully saturated rings. The van der Waals surface area contributed by atoms with E-state index >= 15 is 0 Å². The van der Waals surface area contributed by atoms with E-state index in [9.17, 15) is 9.59 Å². The first kappa shape index (κ1) is 18.0. The van der Waals surface area contributed by atoms with E-state index in [1.807, 2.05) is 32.9 Å². The van der Waals surface area contributed by atoms with Crippen molar-refractivity contribution in [1.82, 2.24) is 14.8 Å². The Labute approximate surface area is 143 Å². The molecular weight excluding hydrogens is 306 g/mol. The molecule has 1 aromatic heterocycles. The minimum atomic E-state index is -0.486. The topological polar surface area (TPSA) is 62.7 Å². The number of ether oxygens (including phenoxy) is 1. The van der Waals surface area contributed by atoms with Crippen LogP contribution in [0.4, 0.5) is 4.79 Å². The molecule has 1 aromatic rings. The summed E-state index contributed by atoms with van der Waals surface area (Å²) in [5.41, 5.74) is 2.05. The predicted octanol–water partition coefficient (Wildman–Crippen LogP) is 2.81. The molecule has 0 aliphatic carbocycles. The maximum absolute atomic E-state index is 12.1. The minimum absolute atomic E-state index is 0.115. The average molecular weight is 331 g/mol. The number of hydrogen-bond acceptors (Lipinski definition) is 4. The van der Waals surface area contributed by atoms with Gasteiger partial charge in [-0.05, 0) is 44.4 Å². The van der Waals surface area contributed by atoms with Crippen LogP contribution in [0.15, 0.2) is 24.4 Å². The number of carbonyl (C=O) groups excluding carboxylic acids is 2. The Hall–Kier alpha value is -2.37. The zero-order valence-corrected chi connectivity index (χ0v) is 15.0. The van der Waals surface area contributed by atoms with Crippen LogP contribution < -0.4 is 0 Å². The van der Waals surface area contributed by atoms with Gasteiger partial charge in [0.2, 0.25) is 0 Å². The van der Waals surface area contributed by atoms with Crippen molar-refractivity contribution in [2.24, 2.45) is 0 Å². The Bertz CT molecular complexity index is 642. The van der Waals surface area contributed by atoms with Crippen molar-refractivity contribution >= 4 is 17.6 Å². The molecule has 1 aliphatic rings. The molecular formula is C18H25N3O3. The first-order chi connectivity index (χ1) is 11.2. The monoisotopic (exact) mass is 331 g/mol. The molecule has 2 heterocycles. The van der Waals surface area contributed by atoms with Crippen molar-refractivity contribution in [3.8, 4) is 0 Å². The van der Waals surface area contributed by atoms with Crippen LogP contribution >= 0.6 is 0 Å². The van der Waals surface area contributed by atoms with Crippen LogP contribution in [0.5, 0.6) is 0 Å². The number of hydrogen-bond donors (Lipinski definition) is 0. The van der Waals surface area contributed by atoms with E-state index in [4.69, 9.17) is 4.74 Å². The number of aromatic nitrogens is 1. The van der Waals surface area contributed by atoms with Crippen LogP contribution in [-0.4, -0.2) is 59.6 Å². The molecule has 24 heavy (non-hydrogen) atoms. The van der Waals surface area contributed by atoms with Gasteiger partial charge in [0.15, 0.2) is 0 Å². The van der Waals surface area contributed by atoms with Crippen LogP contribution in [0.25, 0.3) is 5.57 Å². The van der Waals surface area contributed by atoms with Gasteiger partial charge in [-0.15, -0.1) is 0 Å². The highest BCUT2D eigenvalue weighted by Crippen LogP contribution is 2.23. The van der Waals surface area contributed by atoms with Crippen molar-refractivity contribution in [3.05, 3.63) is 35.7 Å². The van der Waals surface area contributed by atoms with Gasteiger partial charge in [0.05, 0.1) is 0 Å².